The maximum absolute atomic E-state index is 10.7. The monoisotopic (exact) mass is 266 g/mol. The summed E-state index contributed by atoms with van der Waals surface area (Å²) >= 11 is 0. The van der Waals surface area contributed by atoms with Gasteiger partial charge in [0.05, 0.1) is 4.92 Å². The number of rotatable bonds is 4. The van der Waals surface area contributed by atoms with Gasteiger partial charge in [0.25, 0.3) is 5.69 Å². The van der Waals surface area contributed by atoms with E-state index in [2.05, 4.69) is 0 Å². The van der Waals surface area contributed by atoms with Crippen molar-refractivity contribution >= 4 is 23.5 Å². The van der Waals surface area contributed by atoms with Crippen molar-refractivity contribution in [1.29, 1.82) is 0 Å². The standard InChI is InChI=1S/C16H14N2O2/c17-15-9-3-7-13(11-15)5-1-2-6-14-8-4-10-16(12-14)18(19)20/h1-12H,17H2/b5-1-,6-2-. The van der Waals surface area contributed by atoms with Crippen molar-refractivity contribution in [3.05, 3.63) is 81.9 Å². The Morgan fingerprint density at radius 3 is 2.15 bits per heavy atom. The number of hydrogen-bond donors (Lipinski definition) is 1. The first-order chi connectivity index (χ1) is 9.65. The fourth-order valence-electron chi connectivity index (χ4n) is 1.74. The number of nitrogen functional groups attached to an aromatic ring is 1. The van der Waals surface area contributed by atoms with Crippen LogP contribution >= 0.6 is 0 Å². The van der Waals surface area contributed by atoms with Crippen LogP contribution in [0.15, 0.2) is 60.7 Å². The summed E-state index contributed by atoms with van der Waals surface area (Å²) in [6, 6.07) is 14.0. The number of benzene rings is 2. The van der Waals surface area contributed by atoms with Crippen LogP contribution < -0.4 is 5.73 Å². The van der Waals surface area contributed by atoms with Gasteiger partial charge in [-0.15, -0.1) is 0 Å². The van der Waals surface area contributed by atoms with E-state index in [4.69, 9.17) is 5.73 Å². The van der Waals surface area contributed by atoms with Crippen LogP contribution in [0.5, 0.6) is 0 Å². The fourth-order valence-corrected chi connectivity index (χ4v) is 1.74. The minimum atomic E-state index is -0.403. The second-order valence-electron chi connectivity index (χ2n) is 4.24. The lowest BCUT2D eigenvalue weighted by molar-refractivity contribution is -0.384. The molecule has 0 amide bonds. The summed E-state index contributed by atoms with van der Waals surface area (Å²) in [4.78, 5) is 10.3. The lowest BCUT2D eigenvalue weighted by Gasteiger charge is -1.95. The predicted octanol–water partition coefficient (Wildman–Crippen LogP) is 3.90. The van der Waals surface area contributed by atoms with E-state index in [1.807, 2.05) is 54.6 Å². The first-order valence-electron chi connectivity index (χ1n) is 6.10. The predicted molar refractivity (Wildman–Crippen MR) is 82.0 cm³/mol. The van der Waals surface area contributed by atoms with Crippen LogP contribution in [0, 0.1) is 10.1 Å². The van der Waals surface area contributed by atoms with Crippen LogP contribution in [-0.4, -0.2) is 4.92 Å². The van der Waals surface area contributed by atoms with Crippen LogP contribution in [0.3, 0.4) is 0 Å². The minimum Gasteiger partial charge on any atom is -0.399 e. The smallest absolute Gasteiger partial charge is 0.270 e. The Hall–Kier alpha value is -2.88. The molecule has 0 aliphatic heterocycles. The van der Waals surface area contributed by atoms with Gasteiger partial charge in [0, 0.05) is 17.8 Å². The highest BCUT2D eigenvalue weighted by Crippen LogP contribution is 2.14. The molecule has 100 valence electrons. The Kier molecular flexibility index (Phi) is 4.29. The van der Waals surface area contributed by atoms with E-state index in [0.717, 1.165) is 16.8 Å². The number of nitrogens with two attached hydrogens (primary N) is 1. The summed E-state index contributed by atoms with van der Waals surface area (Å²) in [6.07, 6.45) is 7.44. The van der Waals surface area contributed by atoms with Gasteiger partial charge in [0.1, 0.15) is 0 Å². The number of nitrogens with zero attached hydrogens (tertiary/aromatic N) is 1. The number of hydrogen-bond acceptors (Lipinski definition) is 3. The third kappa shape index (κ3) is 3.81. The molecule has 0 heterocycles. The molecule has 0 atom stereocenters. The molecule has 0 fully saturated rings. The molecule has 0 unspecified atom stereocenters. The first kappa shape index (κ1) is 13.5. The van der Waals surface area contributed by atoms with Crippen molar-refractivity contribution in [1.82, 2.24) is 0 Å². The second-order valence-corrected chi connectivity index (χ2v) is 4.24. The Bertz CT molecular complexity index is 676. The summed E-state index contributed by atoms with van der Waals surface area (Å²) in [5.74, 6) is 0. The van der Waals surface area contributed by atoms with Crippen LogP contribution in [0.4, 0.5) is 11.4 Å². The third-order valence-electron chi connectivity index (χ3n) is 2.68. The van der Waals surface area contributed by atoms with Gasteiger partial charge in [-0.3, -0.25) is 10.1 Å². The van der Waals surface area contributed by atoms with Gasteiger partial charge in [-0.25, -0.2) is 0 Å². The van der Waals surface area contributed by atoms with Crippen LogP contribution in [-0.2, 0) is 0 Å². The second kappa shape index (κ2) is 6.33. The van der Waals surface area contributed by atoms with Gasteiger partial charge in [0.15, 0.2) is 0 Å². The summed E-state index contributed by atoms with van der Waals surface area (Å²) < 4.78 is 0. The quantitative estimate of drug-likeness (QED) is 0.395. The molecule has 0 bridgehead atoms. The molecule has 0 aliphatic rings. The molecule has 0 aromatic heterocycles. The lowest BCUT2D eigenvalue weighted by atomic mass is 10.1. The van der Waals surface area contributed by atoms with Gasteiger partial charge in [-0.1, -0.05) is 48.6 Å². The summed E-state index contributed by atoms with van der Waals surface area (Å²) in [5, 5.41) is 10.7. The van der Waals surface area contributed by atoms with Gasteiger partial charge in [0.2, 0.25) is 0 Å². The molecule has 0 radical (unpaired) electrons. The van der Waals surface area contributed by atoms with Crippen molar-refractivity contribution in [2.45, 2.75) is 0 Å². The molecule has 2 aromatic rings. The molecule has 0 saturated carbocycles. The highest BCUT2D eigenvalue weighted by Gasteiger charge is 2.02. The Morgan fingerprint density at radius 2 is 1.55 bits per heavy atom. The maximum atomic E-state index is 10.7. The summed E-state index contributed by atoms with van der Waals surface area (Å²) in [7, 11) is 0. The molecule has 4 nitrogen and oxygen atoms in total. The van der Waals surface area contributed by atoms with Crippen molar-refractivity contribution in [2.75, 3.05) is 5.73 Å². The lowest BCUT2D eigenvalue weighted by Crippen LogP contribution is -1.87. The SMILES string of the molecule is Nc1cccc(/C=C\C=C/c2cccc([N+](=O)[O-])c2)c1. The molecular weight excluding hydrogens is 252 g/mol. The van der Waals surface area contributed by atoms with Crippen molar-refractivity contribution < 1.29 is 4.92 Å². The van der Waals surface area contributed by atoms with Crippen molar-refractivity contribution in [3.63, 3.8) is 0 Å². The zero-order valence-electron chi connectivity index (χ0n) is 10.8. The zero-order valence-corrected chi connectivity index (χ0v) is 10.8. The van der Waals surface area contributed by atoms with Gasteiger partial charge in [-0.2, -0.15) is 0 Å². The average Bonchev–Trinajstić information content (AvgIpc) is 2.44. The molecule has 2 N–H and O–H groups in total. The van der Waals surface area contributed by atoms with E-state index in [9.17, 15) is 10.1 Å². The largest absolute Gasteiger partial charge is 0.399 e. The molecule has 0 saturated heterocycles. The number of nitro benzene ring substituents is 1. The topological polar surface area (TPSA) is 69.2 Å². The van der Waals surface area contributed by atoms with E-state index in [-0.39, 0.29) is 5.69 Å². The van der Waals surface area contributed by atoms with Crippen LogP contribution in [0.2, 0.25) is 0 Å². The Labute approximate surface area is 117 Å². The van der Waals surface area contributed by atoms with Gasteiger partial charge in [-0.05, 0) is 23.3 Å². The molecule has 2 rings (SSSR count). The molecule has 0 spiro atoms. The minimum absolute atomic E-state index is 0.0898. The van der Waals surface area contributed by atoms with Crippen molar-refractivity contribution in [2.24, 2.45) is 0 Å². The number of anilines is 1. The van der Waals surface area contributed by atoms with E-state index < -0.39 is 4.92 Å². The van der Waals surface area contributed by atoms with E-state index in [0.29, 0.717) is 0 Å². The fraction of sp³-hybridized carbons (Fsp3) is 0. The molecule has 4 heteroatoms. The van der Waals surface area contributed by atoms with Gasteiger partial charge >= 0.3 is 0 Å². The maximum Gasteiger partial charge on any atom is 0.270 e. The summed E-state index contributed by atoms with van der Waals surface area (Å²) in [6.45, 7) is 0. The molecule has 0 aliphatic carbocycles. The van der Waals surface area contributed by atoms with Crippen LogP contribution in [0.25, 0.3) is 12.2 Å². The highest BCUT2D eigenvalue weighted by molar-refractivity contribution is 5.60. The molecule has 20 heavy (non-hydrogen) atoms. The number of nitro groups is 1. The van der Waals surface area contributed by atoms with Crippen LogP contribution in [0.1, 0.15) is 11.1 Å². The molecule has 2 aromatic carbocycles. The highest BCUT2D eigenvalue weighted by atomic mass is 16.6. The number of allylic oxidation sites excluding steroid dienone is 2. The Morgan fingerprint density at radius 1 is 0.950 bits per heavy atom. The zero-order chi connectivity index (χ0) is 14.4. The van der Waals surface area contributed by atoms with Gasteiger partial charge < -0.3 is 5.73 Å². The van der Waals surface area contributed by atoms with E-state index >= 15 is 0 Å². The summed E-state index contributed by atoms with van der Waals surface area (Å²) in [5.41, 5.74) is 8.29. The number of non-ortho nitro benzene ring substituents is 1. The average molecular weight is 266 g/mol. The first-order valence-corrected chi connectivity index (χ1v) is 6.10. The van der Waals surface area contributed by atoms with E-state index in [1.165, 1.54) is 12.1 Å². The van der Waals surface area contributed by atoms with Crippen molar-refractivity contribution in [3.8, 4) is 0 Å². The molecular formula is C16H14N2O2. The normalized spacial score (nSPS) is 11.2. The third-order valence-corrected chi connectivity index (χ3v) is 2.68. The Balaban J connectivity index is 2.06. The van der Waals surface area contributed by atoms with E-state index in [1.54, 1.807) is 6.07 Å².